The van der Waals surface area contributed by atoms with Crippen LogP contribution in [0.2, 0.25) is 0 Å². The van der Waals surface area contributed by atoms with Gasteiger partial charge in [0.15, 0.2) is 5.82 Å². The van der Waals surface area contributed by atoms with Gasteiger partial charge in [-0.05, 0) is 5.92 Å². The van der Waals surface area contributed by atoms with Gasteiger partial charge in [-0.2, -0.15) is 10.1 Å². The Kier molecular flexibility index (Phi) is 5.49. The normalized spacial score (nSPS) is 10.5. The topological polar surface area (TPSA) is 72.0 Å². The van der Waals surface area contributed by atoms with Gasteiger partial charge >= 0.3 is 0 Å². The fraction of sp³-hybridized carbons (Fsp3) is 0.700. The Balaban J connectivity index is 2.43. The molecule has 0 aliphatic carbocycles. The van der Waals surface area contributed by atoms with Gasteiger partial charge in [0.1, 0.15) is 0 Å². The van der Waals surface area contributed by atoms with Crippen molar-refractivity contribution in [3.8, 4) is 0 Å². The molecule has 0 fully saturated rings. The van der Waals surface area contributed by atoms with Crippen LogP contribution >= 0.6 is 0 Å². The number of nitrogens with zero attached hydrogens (tertiary/aromatic N) is 3. The minimum absolute atomic E-state index is 0.519. The second kappa shape index (κ2) is 6.95. The summed E-state index contributed by atoms with van der Waals surface area (Å²) in [7, 11) is 1.65. The smallest absolute Gasteiger partial charge is 0.244 e. The van der Waals surface area contributed by atoms with E-state index in [4.69, 9.17) is 4.74 Å². The zero-order chi connectivity index (χ0) is 11.8. The van der Waals surface area contributed by atoms with Gasteiger partial charge in [0.2, 0.25) is 5.95 Å². The van der Waals surface area contributed by atoms with Crippen LogP contribution in [0.4, 0.5) is 11.8 Å². The highest BCUT2D eigenvalue weighted by atomic mass is 16.5. The molecule has 1 aromatic rings. The summed E-state index contributed by atoms with van der Waals surface area (Å²) in [6.07, 6.45) is 1.61. The highest BCUT2D eigenvalue weighted by Gasteiger charge is 2.00. The molecular formula is C10H19N5O. The van der Waals surface area contributed by atoms with Crippen molar-refractivity contribution in [2.75, 3.05) is 37.4 Å². The SMILES string of the molecule is COCCNc1nncc(NCC(C)C)n1. The highest BCUT2D eigenvalue weighted by Crippen LogP contribution is 2.04. The Morgan fingerprint density at radius 3 is 2.88 bits per heavy atom. The van der Waals surface area contributed by atoms with E-state index >= 15 is 0 Å². The van der Waals surface area contributed by atoms with E-state index in [-0.39, 0.29) is 0 Å². The molecule has 0 aliphatic heterocycles. The van der Waals surface area contributed by atoms with Gasteiger partial charge in [-0.25, -0.2) is 0 Å². The van der Waals surface area contributed by atoms with Crippen LogP contribution in [0.15, 0.2) is 6.20 Å². The Labute approximate surface area is 95.8 Å². The van der Waals surface area contributed by atoms with Crippen LogP contribution in [0.1, 0.15) is 13.8 Å². The number of methoxy groups -OCH3 is 1. The first-order valence-electron chi connectivity index (χ1n) is 5.38. The van der Waals surface area contributed by atoms with Crippen LogP contribution in [-0.2, 0) is 4.74 Å². The summed E-state index contributed by atoms with van der Waals surface area (Å²) < 4.78 is 4.92. The lowest BCUT2D eigenvalue weighted by Gasteiger charge is -2.08. The number of hydrogen-bond donors (Lipinski definition) is 2. The second-order valence-corrected chi connectivity index (χ2v) is 3.86. The number of rotatable bonds is 7. The molecule has 6 heteroatoms. The molecule has 0 amide bonds. The predicted octanol–water partition coefficient (Wildman–Crippen LogP) is 0.998. The molecule has 0 aromatic carbocycles. The van der Waals surface area contributed by atoms with Crippen molar-refractivity contribution in [3.05, 3.63) is 6.20 Å². The fourth-order valence-electron chi connectivity index (χ4n) is 1.04. The summed E-state index contributed by atoms with van der Waals surface area (Å²) >= 11 is 0. The molecule has 0 spiro atoms. The summed E-state index contributed by atoms with van der Waals surface area (Å²) in [5, 5.41) is 13.9. The largest absolute Gasteiger partial charge is 0.383 e. The van der Waals surface area contributed by atoms with E-state index < -0.39 is 0 Å². The molecule has 90 valence electrons. The second-order valence-electron chi connectivity index (χ2n) is 3.86. The standard InChI is InChI=1S/C10H19N5O/c1-8(2)6-12-9-7-13-15-10(14-9)11-4-5-16-3/h7-8H,4-6H2,1-3H3,(H2,11,12,14,15). The fourth-order valence-corrected chi connectivity index (χ4v) is 1.04. The highest BCUT2D eigenvalue weighted by molar-refractivity contribution is 5.36. The molecule has 0 atom stereocenters. The Bertz CT molecular complexity index is 305. The van der Waals surface area contributed by atoms with E-state index in [2.05, 4.69) is 39.7 Å². The molecule has 0 radical (unpaired) electrons. The van der Waals surface area contributed by atoms with Crippen LogP contribution < -0.4 is 10.6 Å². The van der Waals surface area contributed by atoms with Gasteiger partial charge in [0.25, 0.3) is 0 Å². The lowest BCUT2D eigenvalue weighted by atomic mass is 10.2. The van der Waals surface area contributed by atoms with Crippen LogP contribution in [0, 0.1) is 5.92 Å². The Hall–Kier alpha value is -1.43. The third-order valence-corrected chi connectivity index (χ3v) is 1.84. The van der Waals surface area contributed by atoms with Gasteiger partial charge in [-0.3, -0.25) is 0 Å². The monoisotopic (exact) mass is 225 g/mol. The quantitative estimate of drug-likeness (QED) is 0.674. The van der Waals surface area contributed by atoms with E-state index in [9.17, 15) is 0 Å². The number of aromatic nitrogens is 3. The molecule has 2 N–H and O–H groups in total. The number of nitrogens with one attached hydrogen (secondary N) is 2. The average Bonchev–Trinajstić information content (AvgIpc) is 2.27. The zero-order valence-corrected chi connectivity index (χ0v) is 10.0. The lowest BCUT2D eigenvalue weighted by Crippen LogP contribution is -2.13. The van der Waals surface area contributed by atoms with Crippen molar-refractivity contribution < 1.29 is 4.74 Å². The molecule has 0 aliphatic rings. The minimum Gasteiger partial charge on any atom is -0.383 e. The lowest BCUT2D eigenvalue weighted by molar-refractivity contribution is 0.210. The van der Waals surface area contributed by atoms with Crippen LogP contribution in [0.3, 0.4) is 0 Å². The van der Waals surface area contributed by atoms with Gasteiger partial charge in [0, 0.05) is 20.2 Å². The zero-order valence-electron chi connectivity index (χ0n) is 10.0. The van der Waals surface area contributed by atoms with Crippen molar-refractivity contribution in [1.29, 1.82) is 0 Å². The van der Waals surface area contributed by atoms with Gasteiger partial charge in [0.05, 0.1) is 12.8 Å². The van der Waals surface area contributed by atoms with Crippen LogP contribution in [0.25, 0.3) is 0 Å². The molecule has 1 heterocycles. The first-order chi connectivity index (χ1) is 7.72. The minimum atomic E-state index is 0.519. The van der Waals surface area contributed by atoms with E-state index in [1.165, 1.54) is 0 Å². The average molecular weight is 225 g/mol. The van der Waals surface area contributed by atoms with Crippen LogP contribution in [0.5, 0.6) is 0 Å². The molecule has 0 bridgehead atoms. The van der Waals surface area contributed by atoms with E-state index in [0.29, 0.717) is 25.0 Å². The van der Waals surface area contributed by atoms with Crippen molar-refractivity contribution in [2.45, 2.75) is 13.8 Å². The van der Waals surface area contributed by atoms with E-state index in [0.717, 1.165) is 12.4 Å². The summed E-state index contributed by atoms with van der Waals surface area (Å²) in [5.74, 6) is 1.83. The van der Waals surface area contributed by atoms with E-state index in [1.807, 2.05) is 0 Å². The summed E-state index contributed by atoms with van der Waals surface area (Å²) in [4.78, 5) is 4.27. The third-order valence-electron chi connectivity index (χ3n) is 1.84. The summed E-state index contributed by atoms with van der Waals surface area (Å²) in [6, 6.07) is 0. The number of hydrogen-bond acceptors (Lipinski definition) is 6. The maximum Gasteiger partial charge on any atom is 0.244 e. The molecule has 16 heavy (non-hydrogen) atoms. The van der Waals surface area contributed by atoms with Crippen molar-refractivity contribution in [1.82, 2.24) is 15.2 Å². The van der Waals surface area contributed by atoms with Gasteiger partial charge in [-0.1, -0.05) is 13.8 Å². The van der Waals surface area contributed by atoms with Crippen molar-refractivity contribution >= 4 is 11.8 Å². The molecule has 0 saturated heterocycles. The number of anilines is 2. The molecule has 6 nitrogen and oxygen atoms in total. The van der Waals surface area contributed by atoms with Gasteiger partial charge in [-0.15, -0.1) is 5.10 Å². The molecule has 1 rings (SSSR count). The van der Waals surface area contributed by atoms with Crippen molar-refractivity contribution in [2.24, 2.45) is 5.92 Å². The van der Waals surface area contributed by atoms with E-state index in [1.54, 1.807) is 13.3 Å². The van der Waals surface area contributed by atoms with Gasteiger partial charge < -0.3 is 15.4 Å². The predicted molar refractivity (Wildman–Crippen MR) is 63.5 cm³/mol. The summed E-state index contributed by atoms with van der Waals surface area (Å²) in [5.41, 5.74) is 0. The summed E-state index contributed by atoms with van der Waals surface area (Å²) in [6.45, 7) is 6.44. The third kappa shape index (κ3) is 4.88. The molecular weight excluding hydrogens is 206 g/mol. The maximum absolute atomic E-state index is 4.92. The first-order valence-corrected chi connectivity index (χ1v) is 5.38. The van der Waals surface area contributed by atoms with Crippen molar-refractivity contribution in [3.63, 3.8) is 0 Å². The molecule has 0 unspecified atom stereocenters. The first kappa shape index (κ1) is 12.6. The maximum atomic E-state index is 4.92. The Morgan fingerprint density at radius 1 is 1.38 bits per heavy atom. The Morgan fingerprint density at radius 2 is 2.19 bits per heavy atom. The van der Waals surface area contributed by atoms with Crippen LogP contribution in [-0.4, -0.2) is 42.0 Å². The molecule has 0 saturated carbocycles. The number of ether oxygens (including phenoxy) is 1. The molecule has 1 aromatic heterocycles.